The highest BCUT2D eigenvalue weighted by atomic mass is 31.1. The lowest BCUT2D eigenvalue weighted by atomic mass is 9.76. The Labute approximate surface area is 293 Å². The quantitative estimate of drug-likeness (QED) is 0.176. The first-order valence-corrected chi connectivity index (χ1v) is 20.0. The van der Waals surface area contributed by atoms with Gasteiger partial charge in [0.15, 0.2) is 0 Å². The summed E-state index contributed by atoms with van der Waals surface area (Å²) in [7, 11) is -1.69. The van der Waals surface area contributed by atoms with Gasteiger partial charge in [-0.25, -0.2) is 0 Å². The molecule has 0 atom stereocenters. The van der Waals surface area contributed by atoms with Crippen molar-refractivity contribution in [3.05, 3.63) is 166 Å². The van der Waals surface area contributed by atoms with Gasteiger partial charge in [0.25, 0.3) is 0 Å². The molecule has 6 aromatic rings. The Hall–Kier alpha value is -4.22. The SMILES string of the molecule is Cc1ccc(P(c2ccc(C)cc2)c2ccc(O)c3c2CCC32CCc3c(P(c4ccc(C)cc4)c4ccc(C)cc4)ccc(O)c32)cc1. The lowest BCUT2D eigenvalue weighted by molar-refractivity contribution is 0.416. The second kappa shape index (κ2) is 12.6. The lowest BCUT2D eigenvalue weighted by Crippen LogP contribution is -2.27. The third-order valence-corrected chi connectivity index (χ3v) is 15.8. The molecule has 49 heavy (non-hydrogen) atoms. The van der Waals surface area contributed by atoms with E-state index < -0.39 is 21.3 Å². The molecule has 0 radical (unpaired) electrons. The predicted molar refractivity (Wildman–Crippen MR) is 210 cm³/mol. The summed E-state index contributed by atoms with van der Waals surface area (Å²) in [6.07, 6.45) is 3.52. The van der Waals surface area contributed by atoms with Crippen LogP contribution in [0.3, 0.4) is 0 Å². The molecule has 6 aromatic carbocycles. The van der Waals surface area contributed by atoms with E-state index in [-0.39, 0.29) is 0 Å². The summed E-state index contributed by atoms with van der Waals surface area (Å²) >= 11 is 0. The Balaban J connectivity index is 1.31. The minimum absolute atomic E-state index is 0.357. The summed E-state index contributed by atoms with van der Waals surface area (Å²) in [6, 6.07) is 44.2. The average molecular weight is 677 g/mol. The zero-order chi connectivity index (χ0) is 33.9. The van der Waals surface area contributed by atoms with Crippen molar-refractivity contribution in [3.8, 4) is 11.5 Å². The molecule has 244 valence electrons. The molecule has 2 aliphatic carbocycles. The van der Waals surface area contributed by atoms with E-state index in [1.165, 1.54) is 65.2 Å². The van der Waals surface area contributed by atoms with Crippen LogP contribution >= 0.6 is 15.8 Å². The molecular weight excluding hydrogens is 634 g/mol. The van der Waals surface area contributed by atoms with Gasteiger partial charge in [0.1, 0.15) is 11.5 Å². The molecule has 2 N–H and O–H groups in total. The number of aromatic hydroxyl groups is 2. The molecule has 0 aromatic heterocycles. The molecule has 4 heteroatoms. The highest BCUT2D eigenvalue weighted by molar-refractivity contribution is 7.80. The Morgan fingerprint density at radius 3 is 0.980 bits per heavy atom. The van der Waals surface area contributed by atoms with Crippen LogP contribution in [0.4, 0.5) is 0 Å². The van der Waals surface area contributed by atoms with E-state index in [9.17, 15) is 10.2 Å². The van der Waals surface area contributed by atoms with Crippen molar-refractivity contribution in [2.75, 3.05) is 0 Å². The fourth-order valence-electron chi connectivity index (χ4n) is 8.30. The monoisotopic (exact) mass is 676 g/mol. The molecule has 0 aliphatic heterocycles. The summed E-state index contributed by atoms with van der Waals surface area (Å²) in [5.41, 5.74) is 9.20. The fraction of sp³-hybridized carbons (Fsp3) is 0.200. The van der Waals surface area contributed by atoms with Crippen LogP contribution in [0.2, 0.25) is 0 Å². The molecule has 0 amide bonds. The first-order valence-electron chi connectivity index (χ1n) is 17.3. The number of hydrogen-bond acceptors (Lipinski definition) is 2. The molecule has 1 spiro atoms. The van der Waals surface area contributed by atoms with Crippen LogP contribution in [-0.2, 0) is 18.3 Å². The van der Waals surface area contributed by atoms with Crippen LogP contribution in [-0.4, -0.2) is 10.2 Å². The molecule has 0 unspecified atom stereocenters. The Kier molecular flexibility index (Phi) is 8.22. The van der Waals surface area contributed by atoms with Gasteiger partial charge in [-0.1, -0.05) is 119 Å². The molecule has 0 heterocycles. The smallest absolute Gasteiger partial charge is 0.119 e. The molecule has 2 aliphatic rings. The molecule has 0 bridgehead atoms. The lowest BCUT2D eigenvalue weighted by Gasteiger charge is -2.30. The van der Waals surface area contributed by atoms with Crippen LogP contribution in [0.1, 0.15) is 57.3 Å². The maximum atomic E-state index is 11.8. The van der Waals surface area contributed by atoms with E-state index in [2.05, 4.69) is 137 Å². The molecule has 0 saturated carbocycles. The highest BCUT2D eigenvalue weighted by Crippen LogP contribution is 2.58. The number of phenols is 2. The van der Waals surface area contributed by atoms with Gasteiger partial charge >= 0.3 is 0 Å². The molecular formula is C45H42O2P2. The maximum Gasteiger partial charge on any atom is 0.119 e. The fourth-order valence-corrected chi connectivity index (χ4v) is 13.2. The largest absolute Gasteiger partial charge is 0.508 e. The molecule has 0 fully saturated rings. The van der Waals surface area contributed by atoms with Gasteiger partial charge in [0.2, 0.25) is 0 Å². The van der Waals surface area contributed by atoms with Crippen LogP contribution in [0.5, 0.6) is 11.5 Å². The van der Waals surface area contributed by atoms with E-state index in [1.807, 2.05) is 12.1 Å². The van der Waals surface area contributed by atoms with Crippen molar-refractivity contribution in [1.29, 1.82) is 0 Å². The van der Waals surface area contributed by atoms with E-state index >= 15 is 0 Å². The molecule has 2 nitrogen and oxygen atoms in total. The first kappa shape index (κ1) is 32.0. The third-order valence-electron chi connectivity index (χ3n) is 10.7. The number of hydrogen-bond donors (Lipinski definition) is 2. The average Bonchev–Trinajstić information content (AvgIpc) is 3.69. The van der Waals surface area contributed by atoms with Crippen LogP contribution in [0.15, 0.2) is 121 Å². The Bertz CT molecular complexity index is 1920. The molecule has 0 saturated heterocycles. The number of benzene rings is 6. The van der Waals surface area contributed by atoms with Crippen molar-refractivity contribution in [1.82, 2.24) is 0 Å². The van der Waals surface area contributed by atoms with Gasteiger partial charge in [-0.05, 0) is 136 Å². The Morgan fingerprint density at radius 2 is 0.694 bits per heavy atom. The standard InChI is InChI=1S/C45H42O2P2/c1-29-5-13-33(14-6-29)48(34-15-7-30(2)8-16-34)41-23-21-39(46)43-37(41)25-27-45(43)28-26-38-42(24-22-40(47)44(38)45)49(35-17-9-31(3)10-18-35)36-19-11-32(4)12-20-36/h5-24,46-47H,25-28H2,1-4H3. The number of rotatable bonds is 6. The minimum Gasteiger partial charge on any atom is -0.508 e. The van der Waals surface area contributed by atoms with Crippen LogP contribution in [0.25, 0.3) is 0 Å². The van der Waals surface area contributed by atoms with Gasteiger partial charge in [-0.2, -0.15) is 0 Å². The second-order valence-corrected chi connectivity index (χ2v) is 18.4. The van der Waals surface area contributed by atoms with Crippen molar-refractivity contribution >= 4 is 47.7 Å². The number of phenolic OH excluding ortho intramolecular Hbond substituents is 2. The summed E-state index contributed by atoms with van der Waals surface area (Å²) in [6.45, 7) is 8.56. The van der Waals surface area contributed by atoms with Gasteiger partial charge in [0, 0.05) is 16.5 Å². The predicted octanol–water partition coefficient (Wildman–Crippen LogP) is 8.03. The summed E-state index contributed by atoms with van der Waals surface area (Å²) in [5, 5.41) is 31.5. The molecule has 8 rings (SSSR count). The number of fused-ring (bicyclic) bond motifs is 4. The van der Waals surface area contributed by atoms with E-state index in [1.54, 1.807) is 0 Å². The second-order valence-electron chi connectivity index (χ2n) is 14.0. The zero-order valence-corrected chi connectivity index (χ0v) is 30.5. The van der Waals surface area contributed by atoms with Crippen LogP contribution in [0, 0.1) is 27.7 Å². The summed E-state index contributed by atoms with van der Waals surface area (Å²) < 4.78 is 0. The van der Waals surface area contributed by atoms with E-state index in [4.69, 9.17) is 0 Å². The Morgan fingerprint density at radius 1 is 0.408 bits per heavy atom. The van der Waals surface area contributed by atoms with Gasteiger partial charge < -0.3 is 10.2 Å². The highest BCUT2D eigenvalue weighted by Gasteiger charge is 2.50. The van der Waals surface area contributed by atoms with Crippen LogP contribution < -0.4 is 31.8 Å². The normalized spacial score (nSPS) is 14.5. The van der Waals surface area contributed by atoms with E-state index in [0.29, 0.717) is 11.5 Å². The van der Waals surface area contributed by atoms with Crippen molar-refractivity contribution in [2.24, 2.45) is 0 Å². The maximum absolute atomic E-state index is 11.8. The topological polar surface area (TPSA) is 40.5 Å². The van der Waals surface area contributed by atoms with Gasteiger partial charge in [0.05, 0.1) is 0 Å². The zero-order valence-electron chi connectivity index (χ0n) is 28.7. The number of aryl methyl sites for hydroxylation is 4. The van der Waals surface area contributed by atoms with Gasteiger partial charge in [-0.15, -0.1) is 0 Å². The van der Waals surface area contributed by atoms with Crippen molar-refractivity contribution in [3.63, 3.8) is 0 Å². The summed E-state index contributed by atoms with van der Waals surface area (Å²) in [5.74, 6) is 0.715. The first-order chi connectivity index (χ1) is 23.7. The van der Waals surface area contributed by atoms with Crippen molar-refractivity contribution in [2.45, 2.75) is 58.8 Å². The third kappa shape index (κ3) is 5.51. The van der Waals surface area contributed by atoms with Crippen molar-refractivity contribution < 1.29 is 10.2 Å². The minimum atomic E-state index is -0.845. The summed E-state index contributed by atoms with van der Waals surface area (Å²) in [4.78, 5) is 0. The van der Waals surface area contributed by atoms with Gasteiger partial charge in [-0.3, -0.25) is 0 Å². The van der Waals surface area contributed by atoms with E-state index in [0.717, 1.165) is 36.8 Å².